The van der Waals surface area contributed by atoms with Gasteiger partial charge in [0.15, 0.2) is 6.61 Å². The molecule has 0 aliphatic heterocycles. The van der Waals surface area contributed by atoms with Gasteiger partial charge >= 0.3 is 12.1 Å². The third-order valence-corrected chi connectivity index (χ3v) is 3.53. The molecule has 0 radical (unpaired) electrons. The van der Waals surface area contributed by atoms with Crippen molar-refractivity contribution < 1.29 is 31.9 Å². The van der Waals surface area contributed by atoms with Gasteiger partial charge in [-0.2, -0.15) is 13.2 Å². The van der Waals surface area contributed by atoms with Gasteiger partial charge in [-0.1, -0.05) is 23.7 Å². The summed E-state index contributed by atoms with van der Waals surface area (Å²) in [5.74, 6) is -2.43. The molecule has 2 aromatic rings. The van der Waals surface area contributed by atoms with Crippen molar-refractivity contribution >= 4 is 35.2 Å². The first-order valence-electron chi connectivity index (χ1n) is 7.43. The Bertz CT molecular complexity index is 861. The molecule has 1 amide bonds. The zero-order valence-electron chi connectivity index (χ0n) is 13.5. The molecule has 0 atom stereocenters. The van der Waals surface area contributed by atoms with Crippen molar-refractivity contribution in [3.8, 4) is 0 Å². The third kappa shape index (κ3) is 6.10. The molecule has 0 aromatic heterocycles. The summed E-state index contributed by atoms with van der Waals surface area (Å²) >= 11 is 5.79. The Balaban J connectivity index is 1.90. The zero-order valence-corrected chi connectivity index (χ0v) is 14.3. The van der Waals surface area contributed by atoms with Crippen molar-refractivity contribution in [2.45, 2.75) is 6.18 Å². The number of hydrogen-bond donors (Lipinski definition) is 1. The molecule has 0 spiro atoms. The number of anilines is 1. The van der Waals surface area contributed by atoms with Crippen LogP contribution in [-0.2, 0) is 20.5 Å². The molecule has 27 heavy (non-hydrogen) atoms. The summed E-state index contributed by atoms with van der Waals surface area (Å²) in [5, 5.41) is 2.27. The van der Waals surface area contributed by atoms with Crippen LogP contribution in [0.5, 0.6) is 0 Å². The lowest BCUT2D eigenvalue weighted by Crippen LogP contribution is -2.20. The number of nitrogens with one attached hydrogen (secondary N) is 1. The summed E-state index contributed by atoms with van der Waals surface area (Å²) in [6.45, 7) is -0.732. The van der Waals surface area contributed by atoms with Gasteiger partial charge in [-0.3, -0.25) is 4.79 Å². The number of alkyl halides is 3. The predicted octanol–water partition coefficient (Wildman–Crippen LogP) is 4.69. The second kappa shape index (κ2) is 8.68. The Morgan fingerprint density at radius 1 is 1.15 bits per heavy atom. The highest BCUT2D eigenvalue weighted by Gasteiger charge is 2.30. The Morgan fingerprint density at radius 3 is 2.52 bits per heavy atom. The molecule has 2 rings (SSSR count). The molecular weight excluding hydrogens is 390 g/mol. The minimum absolute atomic E-state index is 0.0236. The molecule has 142 valence electrons. The minimum atomic E-state index is -4.55. The average molecular weight is 402 g/mol. The fourth-order valence-electron chi connectivity index (χ4n) is 1.98. The van der Waals surface area contributed by atoms with Crippen molar-refractivity contribution in [3.05, 3.63) is 70.5 Å². The van der Waals surface area contributed by atoms with Crippen LogP contribution in [0.15, 0.2) is 48.5 Å². The maximum atomic E-state index is 13.5. The van der Waals surface area contributed by atoms with Crippen LogP contribution in [0, 0.1) is 5.82 Å². The predicted molar refractivity (Wildman–Crippen MR) is 91.5 cm³/mol. The van der Waals surface area contributed by atoms with Crippen LogP contribution >= 0.6 is 11.6 Å². The number of carbonyl (C=O) groups excluding carboxylic acids is 2. The number of esters is 1. The van der Waals surface area contributed by atoms with Crippen LogP contribution in [0.1, 0.15) is 11.1 Å². The summed E-state index contributed by atoms with van der Waals surface area (Å²) in [6, 6.07) is 7.97. The highest BCUT2D eigenvalue weighted by atomic mass is 35.5. The summed E-state index contributed by atoms with van der Waals surface area (Å²) in [7, 11) is 0. The van der Waals surface area contributed by atoms with E-state index in [0.29, 0.717) is 0 Å². The lowest BCUT2D eigenvalue weighted by Gasteiger charge is -2.09. The smallest absolute Gasteiger partial charge is 0.416 e. The summed E-state index contributed by atoms with van der Waals surface area (Å²) in [4.78, 5) is 23.3. The van der Waals surface area contributed by atoms with Gasteiger partial charge in [0.2, 0.25) is 0 Å². The maximum absolute atomic E-state index is 13.5. The molecule has 9 heteroatoms. The quantitative estimate of drug-likeness (QED) is 0.449. The van der Waals surface area contributed by atoms with Crippen molar-refractivity contribution in [2.75, 3.05) is 11.9 Å². The first-order valence-corrected chi connectivity index (χ1v) is 7.80. The van der Waals surface area contributed by atoms with Crippen molar-refractivity contribution in [3.63, 3.8) is 0 Å². The van der Waals surface area contributed by atoms with Gasteiger partial charge in [0, 0.05) is 17.3 Å². The molecule has 0 saturated heterocycles. The first kappa shape index (κ1) is 20.4. The number of amides is 1. The van der Waals surface area contributed by atoms with Crippen molar-refractivity contribution in [1.82, 2.24) is 0 Å². The van der Waals surface area contributed by atoms with E-state index in [4.69, 9.17) is 11.6 Å². The number of hydrogen-bond acceptors (Lipinski definition) is 3. The molecule has 1 N–H and O–H groups in total. The summed E-state index contributed by atoms with van der Waals surface area (Å²) < 4.78 is 56.0. The molecule has 0 fully saturated rings. The van der Waals surface area contributed by atoms with Gasteiger partial charge in [0.05, 0.1) is 10.6 Å². The van der Waals surface area contributed by atoms with Crippen LogP contribution in [0.2, 0.25) is 5.02 Å². The van der Waals surface area contributed by atoms with Crippen molar-refractivity contribution in [1.29, 1.82) is 0 Å². The molecule has 0 aliphatic carbocycles. The Kier molecular flexibility index (Phi) is 6.57. The largest absolute Gasteiger partial charge is 0.452 e. The van der Waals surface area contributed by atoms with E-state index >= 15 is 0 Å². The zero-order chi connectivity index (χ0) is 20.0. The Labute approximate surface area is 156 Å². The van der Waals surface area contributed by atoms with Crippen LogP contribution < -0.4 is 5.32 Å². The van der Waals surface area contributed by atoms with E-state index in [-0.39, 0.29) is 16.3 Å². The number of rotatable bonds is 5. The molecule has 0 saturated carbocycles. The fourth-order valence-corrected chi connectivity index (χ4v) is 2.20. The van der Waals surface area contributed by atoms with Gasteiger partial charge in [0.25, 0.3) is 5.91 Å². The normalized spacial score (nSPS) is 11.4. The molecular formula is C18H12ClF4NO3. The van der Waals surface area contributed by atoms with Crippen molar-refractivity contribution in [2.24, 2.45) is 0 Å². The van der Waals surface area contributed by atoms with Gasteiger partial charge in [-0.25, -0.2) is 9.18 Å². The first-order chi connectivity index (χ1) is 12.7. The maximum Gasteiger partial charge on any atom is 0.416 e. The highest BCUT2D eigenvalue weighted by Crippen LogP contribution is 2.30. The van der Waals surface area contributed by atoms with Gasteiger partial charge in [-0.15, -0.1) is 0 Å². The third-order valence-electron chi connectivity index (χ3n) is 3.20. The van der Waals surface area contributed by atoms with E-state index in [9.17, 15) is 27.2 Å². The van der Waals surface area contributed by atoms with E-state index in [1.54, 1.807) is 0 Å². The topological polar surface area (TPSA) is 55.4 Å². The lowest BCUT2D eigenvalue weighted by molar-refractivity contribution is -0.142. The fraction of sp³-hybridized carbons (Fsp3) is 0.111. The molecule has 0 bridgehead atoms. The van der Waals surface area contributed by atoms with E-state index < -0.39 is 36.0 Å². The second-order valence-electron chi connectivity index (χ2n) is 5.20. The Hall–Kier alpha value is -2.87. The monoisotopic (exact) mass is 401 g/mol. The molecule has 4 nitrogen and oxygen atoms in total. The van der Waals surface area contributed by atoms with Crippen LogP contribution in [0.4, 0.5) is 23.2 Å². The van der Waals surface area contributed by atoms with Crippen LogP contribution in [-0.4, -0.2) is 18.5 Å². The summed E-state index contributed by atoms with van der Waals surface area (Å²) in [6.07, 6.45) is -2.58. The minimum Gasteiger partial charge on any atom is -0.452 e. The van der Waals surface area contributed by atoms with E-state index in [2.05, 4.69) is 10.1 Å². The van der Waals surface area contributed by atoms with Gasteiger partial charge in [-0.05, 0) is 36.4 Å². The van der Waals surface area contributed by atoms with E-state index in [1.165, 1.54) is 18.2 Å². The van der Waals surface area contributed by atoms with Crippen LogP contribution in [0.3, 0.4) is 0 Å². The van der Waals surface area contributed by atoms with Gasteiger partial charge < -0.3 is 10.1 Å². The van der Waals surface area contributed by atoms with Gasteiger partial charge in [0.1, 0.15) is 5.82 Å². The van der Waals surface area contributed by atoms with E-state index in [0.717, 1.165) is 36.4 Å². The van der Waals surface area contributed by atoms with E-state index in [1.807, 2.05) is 0 Å². The SMILES string of the molecule is O=C(COC(=O)/C=C/c1c(F)cccc1Cl)Nc1cccc(C(F)(F)F)c1. The van der Waals surface area contributed by atoms with Crippen LogP contribution in [0.25, 0.3) is 6.08 Å². The average Bonchev–Trinajstić information content (AvgIpc) is 2.59. The number of ether oxygens (including phenoxy) is 1. The molecule has 0 unspecified atom stereocenters. The summed E-state index contributed by atoms with van der Waals surface area (Å²) in [5.41, 5.74) is -1.05. The molecule has 0 aliphatic rings. The molecule has 2 aromatic carbocycles. The Morgan fingerprint density at radius 2 is 1.85 bits per heavy atom. The number of carbonyl (C=O) groups is 2. The second-order valence-corrected chi connectivity index (χ2v) is 5.61. The molecule has 0 heterocycles. The number of halogens is 5. The number of benzene rings is 2. The lowest BCUT2D eigenvalue weighted by atomic mass is 10.2. The highest BCUT2D eigenvalue weighted by molar-refractivity contribution is 6.32. The standard InChI is InChI=1S/C18H12ClF4NO3/c19-14-5-2-6-15(20)13(14)7-8-17(26)27-10-16(25)24-12-4-1-3-11(9-12)18(21,22)23/h1-9H,10H2,(H,24,25)/b8-7+.